The average Bonchev–Trinajstić information content (AvgIpc) is 3.00. The van der Waals surface area contributed by atoms with Gasteiger partial charge in [0.25, 0.3) is 0 Å². The molecule has 0 spiro atoms. The number of hydrogen-bond donors (Lipinski definition) is 1. The number of aliphatic hydroxyl groups excluding tert-OH is 1. The van der Waals surface area contributed by atoms with E-state index in [4.69, 9.17) is 4.98 Å². The molecule has 1 aromatic carbocycles. The predicted octanol–water partition coefficient (Wildman–Crippen LogP) is 5.00. The zero-order valence-electron chi connectivity index (χ0n) is 16.6. The van der Waals surface area contributed by atoms with Crippen molar-refractivity contribution in [2.75, 3.05) is 6.61 Å². The Morgan fingerprint density at radius 2 is 1.76 bits per heavy atom. The van der Waals surface area contributed by atoms with E-state index < -0.39 is 11.6 Å². The van der Waals surface area contributed by atoms with E-state index >= 15 is 0 Å². The standard InChI is InChI=1S/C22H25F2N3OS/c1-15(2)21-22(29-19-13-17(23)12-18(24)14-19)27(20(26-21)7-11-28)10-3-4-16-5-8-25-9-6-16/h5-6,8-9,12-15,28H,3-4,7,10-11H2,1-2H3. The zero-order chi connectivity index (χ0) is 20.8. The van der Waals surface area contributed by atoms with Gasteiger partial charge in [0.05, 0.1) is 12.3 Å². The highest BCUT2D eigenvalue weighted by Gasteiger charge is 2.20. The lowest BCUT2D eigenvalue weighted by atomic mass is 10.1. The van der Waals surface area contributed by atoms with Crippen molar-refractivity contribution >= 4 is 11.8 Å². The van der Waals surface area contributed by atoms with Gasteiger partial charge in [-0.05, 0) is 48.6 Å². The molecule has 0 saturated carbocycles. The third-order valence-corrected chi connectivity index (χ3v) is 5.65. The summed E-state index contributed by atoms with van der Waals surface area (Å²) in [4.78, 5) is 9.29. The fourth-order valence-electron chi connectivity index (χ4n) is 3.20. The van der Waals surface area contributed by atoms with E-state index in [9.17, 15) is 13.9 Å². The summed E-state index contributed by atoms with van der Waals surface area (Å²) < 4.78 is 29.5. The number of rotatable bonds is 9. The minimum atomic E-state index is -0.599. The first-order valence-corrected chi connectivity index (χ1v) is 10.5. The van der Waals surface area contributed by atoms with Crippen molar-refractivity contribution in [2.45, 2.75) is 55.5 Å². The summed E-state index contributed by atoms with van der Waals surface area (Å²) in [5.74, 6) is -0.254. The molecule has 4 nitrogen and oxygen atoms in total. The molecule has 1 N–H and O–H groups in total. The molecule has 0 atom stereocenters. The van der Waals surface area contributed by atoms with E-state index in [0.29, 0.717) is 17.9 Å². The van der Waals surface area contributed by atoms with Gasteiger partial charge in [-0.2, -0.15) is 0 Å². The van der Waals surface area contributed by atoms with Gasteiger partial charge in [0.15, 0.2) is 0 Å². The molecule has 2 heterocycles. The lowest BCUT2D eigenvalue weighted by molar-refractivity contribution is 0.294. The number of imidazole rings is 1. The maximum atomic E-state index is 13.7. The van der Waals surface area contributed by atoms with Crippen molar-refractivity contribution in [2.24, 2.45) is 0 Å². The topological polar surface area (TPSA) is 50.9 Å². The van der Waals surface area contributed by atoms with Crippen LogP contribution >= 0.6 is 11.8 Å². The molecular formula is C22H25F2N3OS. The average molecular weight is 418 g/mol. The Hall–Kier alpha value is -2.25. The quantitative estimate of drug-likeness (QED) is 0.532. The van der Waals surface area contributed by atoms with Gasteiger partial charge < -0.3 is 9.67 Å². The number of pyridine rings is 1. The van der Waals surface area contributed by atoms with Crippen LogP contribution in [0.3, 0.4) is 0 Å². The van der Waals surface area contributed by atoms with Gasteiger partial charge in [-0.1, -0.05) is 25.6 Å². The van der Waals surface area contributed by atoms with E-state index in [-0.39, 0.29) is 12.5 Å². The molecule has 0 bridgehead atoms. The van der Waals surface area contributed by atoms with Crippen LogP contribution in [-0.4, -0.2) is 26.2 Å². The number of halogens is 2. The minimum absolute atomic E-state index is 0.00238. The van der Waals surface area contributed by atoms with Crippen molar-refractivity contribution in [1.29, 1.82) is 0 Å². The van der Waals surface area contributed by atoms with Crippen LogP contribution in [0.25, 0.3) is 0 Å². The van der Waals surface area contributed by atoms with Crippen molar-refractivity contribution in [3.8, 4) is 0 Å². The van der Waals surface area contributed by atoms with Gasteiger partial charge in [-0.25, -0.2) is 13.8 Å². The van der Waals surface area contributed by atoms with Gasteiger partial charge in [0.1, 0.15) is 22.5 Å². The van der Waals surface area contributed by atoms with Crippen molar-refractivity contribution in [3.63, 3.8) is 0 Å². The molecule has 2 aromatic heterocycles. The summed E-state index contributed by atoms with van der Waals surface area (Å²) in [5, 5.41) is 10.4. The summed E-state index contributed by atoms with van der Waals surface area (Å²) in [6.07, 6.45) is 5.75. The number of aromatic nitrogens is 3. The Morgan fingerprint density at radius 3 is 2.38 bits per heavy atom. The molecule has 0 fully saturated rings. The second-order valence-corrected chi connectivity index (χ2v) is 8.23. The van der Waals surface area contributed by atoms with Crippen LogP contribution < -0.4 is 0 Å². The highest BCUT2D eigenvalue weighted by molar-refractivity contribution is 7.99. The normalized spacial score (nSPS) is 11.4. The Kier molecular flexibility index (Phi) is 7.39. The van der Waals surface area contributed by atoms with E-state index in [0.717, 1.165) is 35.5 Å². The van der Waals surface area contributed by atoms with E-state index in [2.05, 4.69) is 9.55 Å². The molecule has 3 aromatic rings. The molecule has 0 amide bonds. The van der Waals surface area contributed by atoms with E-state index in [1.807, 2.05) is 26.0 Å². The molecule has 154 valence electrons. The first-order valence-electron chi connectivity index (χ1n) is 9.71. The first-order chi connectivity index (χ1) is 14.0. The minimum Gasteiger partial charge on any atom is -0.396 e. The Labute approximate surface area is 174 Å². The Morgan fingerprint density at radius 1 is 1.07 bits per heavy atom. The highest BCUT2D eigenvalue weighted by Crippen LogP contribution is 2.36. The van der Waals surface area contributed by atoms with Crippen LogP contribution in [0.1, 0.15) is 43.3 Å². The molecular weight excluding hydrogens is 392 g/mol. The fraction of sp³-hybridized carbons (Fsp3) is 0.364. The summed E-state index contributed by atoms with van der Waals surface area (Å²) >= 11 is 1.32. The second kappa shape index (κ2) is 9.98. The van der Waals surface area contributed by atoms with Crippen molar-refractivity contribution in [3.05, 3.63) is 71.4 Å². The summed E-state index contributed by atoms with van der Waals surface area (Å²) in [6, 6.07) is 7.52. The Balaban J connectivity index is 1.90. The molecule has 7 heteroatoms. The number of hydrogen-bond acceptors (Lipinski definition) is 4. The third-order valence-electron chi connectivity index (χ3n) is 4.55. The Bertz CT molecular complexity index is 924. The molecule has 29 heavy (non-hydrogen) atoms. The van der Waals surface area contributed by atoms with Gasteiger partial charge in [-0.3, -0.25) is 4.98 Å². The van der Waals surface area contributed by atoms with Crippen LogP contribution in [0.4, 0.5) is 8.78 Å². The smallest absolute Gasteiger partial charge is 0.127 e. The van der Waals surface area contributed by atoms with Crippen LogP contribution in [0.2, 0.25) is 0 Å². The van der Waals surface area contributed by atoms with Gasteiger partial charge >= 0.3 is 0 Å². The fourth-order valence-corrected chi connectivity index (χ4v) is 4.46. The van der Waals surface area contributed by atoms with Crippen LogP contribution in [0.15, 0.2) is 52.6 Å². The SMILES string of the molecule is CC(C)c1nc(CCO)n(CCCc2ccncc2)c1Sc1cc(F)cc(F)c1. The van der Waals surface area contributed by atoms with Gasteiger partial charge in [0.2, 0.25) is 0 Å². The predicted molar refractivity (Wildman–Crippen MR) is 110 cm³/mol. The van der Waals surface area contributed by atoms with Gasteiger partial charge in [-0.15, -0.1) is 0 Å². The third kappa shape index (κ3) is 5.64. The number of aliphatic hydroxyl groups is 1. The van der Waals surface area contributed by atoms with Crippen LogP contribution in [0.5, 0.6) is 0 Å². The zero-order valence-corrected chi connectivity index (χ0v) is 17.4. The number of benzene rings is 1. The molecule has 3 rings (SSSR count). The monoisotopic (exact) mass is 417 g/mol. The van der Waals surface area contributed by atoms with Gasteiger partial charge in [0, 0.05) is 36.3 Å². The van der Waals surface area contributed by atoms with Crippen LogP contribution in [0, 0.1) is 11.6 Å². The highest BCUT2D eigenvalue weighted by atomic mass is 32.2. The van der Waals surface area contributed by atoms with Crippen LogP contribution in [-0.2, 0) is 19.4 Å². The number of nitrogens with zero attached hydrogens (tertiary/aromatic N) is 3. The molecule has 0 aliphatic heterocycles. The molecule has 0 radical (unpaired) electrons. The lowest BCUT2D eigenvalue weighted by Crippen LogP contribution is -2.08. The largest absolute Gasteiger partial charge is 0.396 e. The second-order valence-electron chi connectivity index (χ2n) is 7.16. The van der Waals surface area contributed by atoms with Crippen molar-refractivity contribution in [1.82, 2.24) is 14.5 Å². The summed E-state index contributed by atoms with van der Waals surface area (Å²) in [7, 11) is 0. The molecule has 0 unspecified atom stereocenters. The molecule has 0 aliphatic rings. The summed E-state index contributed by atoms with van der Waals surface area (Å²) in [5.41, 5.74) is 2.08. The first kappa shape index (κ1) is 21.5. The molecule has 0 saturated heterocycles. The maximum absolute atomic E-state index is 13.7. The van der Waals surface area contributed by atoms with E-state index in [1.165, 1.54) is 29.5 Å². The van der Waals surface area contributed by atoms with Crippen molar-refractivity contribution < 1.29 is 13.9 Å². The molecule has 0 aliphatic carbocycles. The maximum Gasteiger partial charge on any atom is 0.127 e. The summed E-state index contributed by atoms with van der Waals surface area (Å²) in [6.45, 7) is 4.79. The number of aryl methyl sites for hydroxylation is 1. The van der Waals surface area contributed by atoms with E-state index in [1.54, 1.807) is 12.4 Å². The lowest BCUT2D eigenvalue weighted by Gasteiger charge is -2.13.